The van der Waals surface area contributed by atoms with Crippen molar-refractivity contribution in [2.75, 3.05) is 0 Å². The van der Waals surface area contributed by atoms with Gasteiger partial charge in [-0.05, 0) is 62.4 Å². The van der Waals surface area contributed by atoms with Gasteiger partial charge in [0.25, 0.3) is 0 Å². The van der Waals surface area contributed by atoms with Crippen molar-refractivity contribution in [2.24, 2.45) is 0 Å². The van der Waals surface area contributed by atoms with Crippen LogP contribution in [-0.4, -0.2) is 0 Å². The number of halogens is 1. The highest BCUT2D eigenvalue weighted by atomic mass is 79.9. The summed E-state index contributed by atoms with van der Waals surface area (Å²) < 4.78 is 13.2. The summed E-state index contributed by atoms with van der Waals surface area (Å²) in [6.45, 7) is 4.52. The first-order valence-electron chi connectivity index (χ1n) is 7.98. The third kappa shape index (κ3) is 1.76. The van der Waals surface area contributed by atoms with Crippen molar-refractivity contribution in [3.63, 3.8) is 0 Å². The van der Waals surface area contributed by atoms with Crippen LogP contribution in [0.2, 0.25) is 0 Å². The van der Waals surface area contributed by atoms with E-state index in [1.807, 2.05) is 18.2 Å². The molecule has 0 saturated carbocycles. The van der Waals surface area contributed by atoms with E-state index in [1.54, 1.807) is 0 Å². The molecule has 1 aliphatic carbocycles. The van der Waals surface area contributed by atoms with Crippen molar-refractivity contribution >= 4 is 15.9 Å². The highest BCUT2D eigenvalue weighted by molar-refractivity contribution is 9.10. The minimum Gasteiger partial charge on any atom is -0.449 e. The number of rotatable bonds is 0. The van der Waals surface area contributed by atoms with Gasteiger partial charge in [0.2, 0.25) is 0 Å². The molecule has 5 rings (SSSR count). The highest BCUT2D eigenvalue weighted by Gasteiger charge is 2.37. The monoisotopic (exact) mass is 378 g/mol. The maximum Gasteiger partial charge on any atom is 0.184 e. The SMILES string of the molecule is CC1(C)c2ccccc2-c2cc3c(cc21)Oc1cccc(Br)c1O3. The number of hydrogen-bond acceptors (Lipinski definition) is 2. The maximum absolute atomic E-state index is 6.14. The maximum atomic E-state index is 6.14. The lowest BCUT2D eigenvalue weighted by molar-refractivity contribution is 0.357. The summed E-state index contributed by atoms with van der Waals surface area (Å²) in [7, 11) is 0. The van der Waals surface area contributed by atoms with Crippen LogP contribution in [-0.2, 0) is 5.41 Å². The zero-order valence-corrected chi connectivity index (χ0v) is 15.0. The molecule has 2 nitrogen and oxygen atoms in total. The lowest BCUT2D eigenvalue weighted by atomic mass is 9.82. The van der Waals surface area contributed by atoms with E-state index in [1.165, 1.54) is 22.3 Å². The van der Waals surface area contributed by atoms with Crippen LogP contribution in [0.3, 0.4) is 0 Å². The van der Waals surface area contributed by atoms with Gasteiger partial charge >= 0.3 is 0 Å². The van der Waals surface area contributed by atoms with Gasteiger partial charge in [-0.3, -0.25) is 0 Å². The molecule has 0 atom stereocenters. The van der Waals surface area contributed by atoms with Gasteiger partial charge in [0.05, 0.1) is 4.47 Å². The number of fused-ring (bicyclic) bond motifs is 5. The summed E-state index contributed by atoms with van der Waals surface area (Å²) in [6, 6.07) is 18.7. The molecule has 1 heterocycles. The molecule has 0 aromatic heterocycles. The summed E-state index contributed by atoms with van der Waals surface area (Å²) >= 11 is 3.54. The Morgan fingerprint density at radius 1 is 0.750 bits per heavy atom. The fraction of sp³-hybridized carbons (Fsp3) is 0.143. The zero-order chi connectivity index (χ0) is 16.5. The van der Waals surface area contributed by atoms with Gasteiger partial charge in [0.1, 0.15) is 0 Å². The average molecular weight is 379 g/mol. The Balaban J connectivity index is 1.73. The predicted octanol–water partition coefficient (Wildman–Crippen LogP) is 6.65. The number of para-hydroxylation sites is 1. The van der Waals surface area contributed by atoms with Crippen molar-refractivity contribution in [1.82, 2.24) is 0 Å². The molecule has 0 bridgehead atoms. The second-order valence-corrected chi connectivity index (χ2v) is 7.64. The average Bonchev–Trinajstić information content (AvgIpc) is 2.80. The van der Waals surface area contributed by atoms with E-state index in [0.29, 0.717) is 0 Å². The van der Waals surface area contributed by atoms with Gasteiger partial charge < -0.3 is 9.47 Å². The minimum atomic E-state index is -0.0398. The molecule has 0 amide bonds. The van der Waals surface area contributed by atoms with Crippen LogP contribution in [0, 0.1) is 0 Å². The smallest absolute Gasteiger partial charge is 0.184 e. The van der Waals surface area contributed by atoms with E-state index in [2.05, 4.69) is 66.2 Å². The molecule has 3 aromatic carbocycles. The van der Waals surface area contributed by atoms with Gasteiger partial charge in [-0.2, -0.15) is 0 Å². The Kier molecular flexibility index (Phi) is 2.73. The van der Waals surface area contributed by atoms with Gasteiger partial charge in [0.15, 0.2) is 23.0 Å². The Labute approximate surface area is 149 Å². The number of benzene rings is 3. The van der Waals surface area contributed by atoms with E-state index < -0.39 is 0 Å². The van der Waals surface area contributed by atoms with Gasteiger partial charge in [-0.1, -0.05) is 44.2 Å². The molecular formula is C21H15BrO2. The Morgan fingerprint density at radius 2 is 1.54 bits per heavy atom. The molecule has 2 aliphatic rings. The van der Waals surface area contributed by atoms with Crippen molar-refractivity contribution in [3.8, 4) is 34.1 Å². The van der Waals surface area contributed by atoms with Crippen LogP contribution in [0.25, 0.3) is 11.1 Å². The van der Waals surface area contributed by atoms with Crippen LogP contribution in [0.4, 0.5) is 0 Å². The Bertz CT molecular complexity index is 1000. The molecule has 0 fully saturated rings. The molecule has 118 valence electrons. The van der Waals surface area contributed by atoms with E-state index >= 15 is 0 Å². The highest BCUT2D eigenvalue weighted by Crippen LogP contribution is 2.55. The molecule has 3 heteroatoms. The quantitative estimate of drug-likeness (QED) is 0.340. The summed E-state index contributed by atoms with van der Waals surface area (Å²) in [6.07, 6.45) is 0. The van der Waals surface area contributed by atoms with Gasteiger partial charge in [-0.15, -0.1) is 0 Å². The van der Waals surface area contributed by atoms with E-state index in [9.17, 15) is 0 Å². The number of hydrogen-bond donors (Lipinski definition) is 0. The molecular weight excluding hydrogens is 364 g/mol. The third-order valence-corrected chi connectivity index (χ3v) is 5.64. The minimum absolute atomic E-state index is 0.0398. The molecule has 0 radical (unpaired) electrons. The molecule has 3 aromatic rings. The fourth-order valence-corrected chi connectivity index (χ4v) is 4.19. The predicted molar refractivity (Wildman–Crippen MR) is 98.3 cm³/mol. The first-order valence-corrected chi connectivity index (χ1v) is 8.77. The fourth-order valence-electron chi connectivity index (χ4n) is 3.76. The lowest BCUT2D eigenvalue weighted by Gasteiger charge is -2.25. The topological polar surface area (TPSA) is 18.5 Å². The summed E-state index contributed by atoms with van der Waals surface area (Å²) in [5.74, 6) is 3.02. The van der Waals surface area contributed by atoms with Gasteiger partial charge in [-0.25, -0.2) is 0 Å². The van der Waals surface area contributed by atoms with Crippen molar-refractivity contribution < 1.29 is 9.47 Å². The summed E-state index contributed by atoms with van der Waals surface area (Å²) in [5.41, 5.74) is 5.10. The summed E-state index contributed by atoms with van der Waals surface area (Å²) in [4.78, 5) is 0. The first-order chi connectivity index (χ1) is 11.6. The van der Waals surface area contributed by atoms with Crippen LogP contribution in [0.5, 0.6) is 23.0 Å². The van der Waals surface area contributed by atoms with E-state index in [4.69, 9.17) is 9.47 Å². The molecule has 0 N–H and O–H groups in total. The van der Waals surface area contributed by atoms with Crippen LogP contribution in [0.15, 0.2) is 59.1 Å². The molecule has 24 heavy (non-hydrogen) atoms. The lowest BCUT2D eigenvalue weighted by Crippen LogP contribution is -2.15. The van der Waals surface area contributed by atoms with E-state index in [0.717, 1.165) is 27.5 Å². The van der Waals surface area contributed by atoms with Crippen molar-refractivity contribution in [3.05, 3.63) is 70.2 Å². The third-order valence-electron chi connectivity index (χ3n) is 5.01. The second kappa shape index (κ2) is 4.64. The van der Waals surface area contributed by atoms with Crippen LogP contribution in [0.1, 0.15) is 25.0 Å². The molecule has 1 aliphatic heterocycles. The van der Waals surface area contributed by atoms with Crippen molar-refractivity contribution in [2.45, 2.75) is 19.3 Å². The van der Waals surface area contributed by atoms with Gasteiger partial charge in [0, 0.05) is 5.41 Å². The zero-order valence-electron chi connectivity index (χ0n) is 13.4. The molecule has 0 saturated heterocycles. The molecule has 0 spiro atoms. The number of ether oxygens (including phenoxy) is 2. The second-order valence-electron chi connectivity index (χ2n) is 6.79. The van der Waals surface area contributed by atoms with E-state index in [-0.39, 0.29) is 5.41 Å². The Hall–Kier alpha value is -2.26. The standard InChI is InChI=1S/C21H15BrO2/c1-21(2)14-7-4-3-6-12(14)13-10-18-19(11-15(13)21)23-17-9-5-8-16(22)20(17)24-18/h3-11H,1-2H3. The first kappa shape index (κ1) is 14.1. The normalized spacial score (nSPS) is 15.5. The van der Waals surface area contributed by atoms with Crippen molar-refractivity contribution in [1.29, 1.82) is 0 Å². The molecule has 0 unspecified atom stereocenters. The van der Waals surface area contributed by atoms with Crippen LogP contribution >= 0.6 is 15.9 Å². The summed E-state index contributed by atoms with van der Waals surface area (Å²) in [5, 5.41) is 0. The Morgan fingerprint density at radius 3 is 2.42 bits per heavy atom. The van der Waals surface area contributed by atoms with Crippen LogP contribution < -0.4 is 9.47 Å². The largest absolute Gasteiger partial charge is 0.449 e.